The molecule has 0 aliphatic carbocycles. The van der Waals surface area contributed by atoms with E-state index in [1.54, 1.807) is 0 Å². The molecule has 1 atom stereocenters. The van der Waals surface area contributed by atoms with E-state index in [9.17, 15) is 19.2 Å². The highest BCUT2D eigenvalue weighted by Gasteiger charge is 2.43. The van der Waals surface area contributed by atoms with Crippen molar-refractivity contribution in [1.82, 2.24) is 15.1 Å². The van der Waals surface area contributed by atoms with Crippen molar-refractivity contribution < 1.29 is 19.2 Å². The minimum Gasteiger partial charge on any atom is -0.348 e. The van der Waals surface area contributed by atoms with Crippen LogP contribution >= 0.6 is 0 Å². The van der Waals surface area contributed by atoms with E-state index >= 15 is 0 Å². The molecular weight excluding hydrogens is 298 g/mol. The first-order valence-corrected chi connectivity index (χ1v) is 7.34. The summed E-state index contributed by atoms with van der Waals surface area (Å²) >= 11 is 0. The number of nitrogens with one attached hydrogen (secondary N) is 1. The molecule has 1 saturated heterocycles. The molecule has 0 unspecified atom stereocenters. The Morgan fingerprint density at radius 2 is 1.74 bits per heavy atom. The molecule has 1 N–H and O–H groups in total. The van der Waals surface area contributed by atoms with Gasteiger partial charge in [0.1, 0.15) is 6.54 Å². The lowest BCUT2D eigenvalue weighted by atomic mass is 10.0. The van der Waals surface area contributed by atoms with Gasteiger partial charge in [0, 0.05) is 7.05 Å². The number of imide groups is 2. The van der Waals surface area contributed by atoms with Gasteiger partial charge >= 0.3 is 17.8 Å². The standard InChI is InChI=1S/C16H19N3O4/c1-4-12(11-7-5-10(2)6-8-11)17-13(20)9-19-15(22)14(21)18(3)16(19)23/h5-8,12H,4,9H2,1-3H3,(H,17,20)/t12-/m1/s1. The second-order valence-corrected chi connectivity index (χ2v) is 5.48. The summed E-state index contributed by atoms with van der Waals surface area (Å²) in [5.41, 5.74) is 2.06. The van der Waals surface area contributed by atoms with Crippen LogP contribution in [0.2, 0.25) is 0 Å². The highest BCUT2D eigenvalue weighted by Crippen LogP contribution is 2.17. The highest BCUT2D eigenvalue weighted by atomic mass is 16.2. The third-order valence-electron chi connectivity index (χ3n) is 3.78. The molecular formula is C16H19N3O4. The van der Waals surface area contributed by atoms with E-state index in [0.29, 0.717) is 16.2 Å². The predicted molar refractivity (Wildman–Crippen MR) is 82.2 cm³/mol. The lowest BCUT2D eigenvalue weighted by Crippen LogP contribution is -2.42. The maximum atomic E-state index is 12.1. The van der Waals surface area contributed by atoms with Crippen LogP contribution in [0.1, 0.15) is 30.5 Å². The molecule has 1 aromatic carbocycles. The number of amides is 5. The van der Waals surface area contributed by atoms with Gasteiger partial charge in [-0.2, -0.15) is 0 Å². The smallest absolute Gasteiger partial charge is 0.334 e. The molecule has 1 heterocycles. The number of urea groups is 1. The number of aryl methyl sites for hydroxylation is 1. The quantitative estimate of drug-likeness (QED) is 0.648. The normalized spacial score (nSPS) is 16.0. The molecule has 7 heteroatoms. The van der Waals surface area contributed by atoms with E-state index in [0.717, 1.165) is 11.1 Å². The van der Waals surface area contributed by atoms with Gasteiger partial charge < -0.3 is 5.32 Å². The predicted octanol–water partition coefficient (Wildman–Crippen LogP) is 0.983. The van der Waals surface area contributed by atoms with Crippen LogP contribution < -0.4 is 5.32 Å². The van der Waals surface area contributed by atoms with Gasteiger partial charge in [-0.1, -0.05) is 36.8 Å². The number of likely N-dealkylation sites (N-methyl/N-ethyl adjacent to an activating group) is 1. The zero-order valence-corrected chi connectivity index (χ0v) is 13.3. The van der Waals surface area contributed by atoms with Gasteiger partial charge in [-0.3, -0.25) is 19.3 Å². The van der Waals surface area contributed by atoms with E-state index in [2.05, 4.69) is 5.32 Å². The van der Waals surface area contributed by atoms with Crippen molar-refractivity contribution in [1.29, 1.82) is 0 Å². The maximum absolute atomic E-state index is 12.1. The number of carbonyl (C=O) groups is 4. The Kier molecular flexibility index (Phi) is 4.78. The highest BCUT2D eigenvalue weighted by molar-refractivity contribution is 6.44. The summed E-state index contributed by atoms with van der Waals surface area (Å²) in [6, 6.07) is 6.75. The van der Waals surface area contributed by atoms with Gasteiger partial charge in [-0.25, -0.2) is 9.69 Å². The van der Waals surface area contributed by atoms with E-state index in [1.165, 1.54) is 7.05 Å². The van der Waals surface area contributed by atoms with E-state index in [1.807, 2.05) is 38.1 Å². The summed E-state index contributed by atoms with van der Waals surface area (Å²) in [6.07, 6.45) is 0.662. The minimum absolute atomic E-state index is 0.218. The third kappa shape index (κ3) is 3.39. The number of rotatable bonds is 5. The van der Waals surface area contributed by atoms with Crippen molar-refractivity contribution >= 4 is 23.8 Å². The fourth-order valence-electron chi connectivity index (χ4n) is 2.36. The Morgan fingerprint density at radius 1 is 1.13 bits per heavy atom. The fraction of sp³-hybridized carbons (Fsp3) is 0.375. The number of hydrogen-bond acceptors (Lipinski definition) is 4. The van der Waals surface area contributed by atoms with Crippen LogP contribution in [-0.4, -0.2) is 47.1 Å². The van der Waals surface area contributed by atoms with E-state index in [4.69, 9.17) is 0 Å². The molecule has 122 valence electrons. The number of nitrogens with zero attached hydrogens (tertiary/aromatic N) is 2. The first kappa shape index (κ1) is 16.7. The Morgan fingerprint density at radius 3 is 2.22 bits per heavy atom. The average molecular weight is 317 g/mol. The van der Waals surface area contributed by atoms with Gasteiger partial charge in [0.2, 0.25) is 5.91 Å². The molecule has 0 radical (unpaired) electrons. The lowest BCUT2D eigenvalue weighted by molar-refractivity contribution is -0.143. The van der Waals surface area contributed by atoms with Gasteiger partial charge in [-0.15, -0.1) is 0 Å². The van der Waals surface area contributed by atoms with Crippen LogP contribution in [0.3, 0.4) is 0 Å². The van der Waals surface area contributed by atoms with Crippen LogP contribution in [-0.2, 0) is 14.4 Å². The summed E-state index contributed by atoms with van der Waals surface area (Å²) in [7, 11) is 1.21. The van der Waals surface area contributed by atoms with Crippen molar-refractivity contribution in [3.63, 3.8) is 0 Å². The maximum Gasteiger partial charge on any atom is 0.334 e. The molecule has 7 nitrogen and oxygen atoms in total. The SMILES string of the molecule is CC[C@@H](NC(=O)CN1C(=O)C(=O)N(C)C1=O)c1ccc(C)cc1. The van der Waals surface area contributed by atoms with Crippen LogP contribution in [0, 0.1) is 6.92 Å². The molecule has 5 amide bonds. The minimum atomic E-state index is -0.976. The Hall–Kier alpha value is -2.70. The fourth-order valence-corrected chi connectivity index (χ4v) is 2.36. The summed E-state index contributed by atoms with van der Waals surface area (Å²) in [5, 5.41) is 2.79. The number of hydrogen-bond donors (Lipinski definition) is 1. The van der Waals surface area contributed by atoms with Crippen LogP contribution in [0.4, 0.5) is 4.79 Å². The van der Waals surface area contributed by atoms with Crippen molar-refractivity contribution in [3.8, 4) is 0 Å². The molecule has 2 rings (SSSR count). The zero-order valence-electron chi connectivity index (χ0n) is 13.3. The second-order valence-electron chi connectivity index (χ2n) is 5.48. The average Bonchev–Trinajstić information content (AvgIpc) is 2.71. The van der Waals surface area contributed by atoms with Gasteiger partial charge in [-0.05, 0) is 18.9 Å². The zero-order chi connectivity index (χ0) is 17.1. The molecule has 1 fully saturated rings. The second kappa shape index (κ2) is 6.60. The molecule has 0 bridgehead atoms. The number of carbonyl (C=O) groups excluding carboxylic acids is 4. The molecule has 0 aromatic heterocycles. The Labute approximate surface area is 134 Å². The summed E-state index contributed by atoms with van der Waals surface area (Å²) in [6.45, 7) is 3.44. The van der Waals surface area contributed by atoms with Crippen LogP contribution in [0.15, 0.2) is 24.3 Å². The largest absolute Gasteiger partial charge is 0.348 e. The summed E-state index contributed by atoms with van der Waals surface area (Å²) in [4.78, 5) is 48.3. The van der Waals surface area contributed by atoms with Gasteiger partial charge in [0.25, 0.3) is 0 Å². The Bertz CT molecular complexity index is 654. The van der Waals surface area contributed by atoms with E-state index in [-0.39, 0.29) is 6.04 Å². The van der Waals surface area contributed by atoms with Gasteiger partial charge in [0.05, 0.1) is 6.04 Å². The van der Waals surface area contributed by atoms with Crippen molar-refractivity contribution in [2.24, 2.45) is 0 Å². The van der Waals surface area contributed by atoms with Gasteiger partial charge in [0.15, 0.2) is 0 Å². The molecule has 1 aliphatic heterocycles. The third-order valence-corrected chi connectivity index (χ3v) is 3.78. The molecule has 0 saturated carbocycles. The Balaban J connectivity index is 2.03. The first-order chi connectivity index (χ1) is 10.8. The first-order valence-electron chi connectivity index (χ1n) is 7.34. The molecule has 0 spiro atoms. The van der Waals surface area contributed by atoms with Crippen molar-refractivity contribution in [2.75, 3.05) is 13.6 Å². The van der Waals surface area contributed by atoms with E-state index < -0.39 is 30.3 Å². The topological polar surface area (TPSA) is 86.8 Å². The molecule has 23 heavy (non-hydrogen) atoms. The molecule has 1 aliphatic rings. The number of benzene rings is 1. The summed E-state index contributed by atoms with van der Waals surface area (Å²) in [5.74, 6) is -2.38. The molecule has 1 aromatic rings. The monoisotopic (exact) mass is 317 g/mol. The van der Waals surface area contributed by atoms with Crippen molar-refractivity contribution in [2.45, 2.75) is 26.3 Å². The van der Waals surface area contributed by atoms with Crippen LogP contribution in [0.25, 0.3) is 0 Å². The summed E-state index contributed by atoms with van der Waals surface area (Å²) < 4.78 is 0. The lowest BCUT2D eigenvalue weighted by Gasteiger charge is -2.19. The van der Waals surface area contributed by atoms with Crippen molar-refractivity contribution in [3.05, 3.63) is 35.4 Å². The van der Waals surface area contributed by atoms with Crippen LogP contribution in [0.5, 0.6) is 0 Å².